The number of ether oxygens (including phenoxy) is 1. The van der Waals surface area contributed by atoms with Gasteiger partial charge < -0.3 is 15.0 Å². The summed E-state index contributed by atoms with van der Waals surface area (Å²) in [6.07, 6.45) is 0. The second kappa shape index (κ2) is 8.80. The van der Waals surface area contributed by atoms with Crippen LogP contribution >= 0.6 is 11.3 Å². The molecule has 7 heteroatoms. The minimum absolute atomic E-state index is 0.0627. The minimum Gasteiger partial charge on any atom is -0.497 e. The number of rotatable bonds is 6. The van der Waals surface area contributed by atoms with E-state index in [4.69, 9.17) is 9.72 Å². The van der Waals surface area contributed by atoms with E-state index in [1.54, 1.807) is 30.6 Å². The molecular formula is C22H26N4O2S. The SMILES string of the molecule is COc1cccc(C(=O)NCCN2CCN(c3nc4ccc(C)cc4s3)CC2)c1. The summed E-state index contributed by atoms with van der Waals surface area (Å²) in [5.74, 6) is 0.631. The van der Waals surface area contributed by atoms with Crippen molar-refractivity contribution in [2.75, 3.05) is 51.3 Å². The number of fused-ring (bicyclic) bond motifs is 1. The van der Waals surface area contributed by atoms with Crippen molar-refractivity contribution in [2.24, 2.45) is 0 Å². The molecule has 0 radical (unpaired) electrons. The molecule has 152 valence electrons. The van der Waals surface area contributed by atoms with E-state index in [-0.39, 0.29) is 5.91 Å². The van der Waals surface area contributed by atoms with Crippen molar-refractivity contribution in [2.45, 2.75) is 6.92 Å². The molecule has 2 heterocycles. The standard InChI is InChI=1S/C22H26N4O2S/c1-16-6-7-19-20(14-16)29-22(24-19)26-12-10-25(11-13-26)9-8-23-21(27)17-4-3-5-18(15-17)28-2/h3-7,14-15H,8-13H2,1-2H3,(H,23,27). The maximum absolute atomic E-state index is 12.3. The number of nitrogens with one attached hydrogen (secondary N) is 1. The molecule has 0 spiro atoms. The zero-order valence-corrected chi connectivity index (χ0v) is 17.7. The number of methoxy groups -OCH3 is 1. The lowest BCUT2D eigenvalue weighted by Gasteiger charge is -2.34. The summed E-state index contributed by atoms with van der Waals surface area (Å²) in [4.78, 5) is 21.8. The Morgan fingerprint density at radius 3 is 2.79 bits per heavy atom. The molecule has 0 aliphatic carbocycles. The van der Waals surface area contributed by atoms with E-state index < -0.39 is 0 Å². The van der Waals surface area contributed by atoms with Crippen LogP contribution < -0.4 is 15.0 Å². The fraction of sp³-hybridized carbons (Fsp3) is 0.364. The molecule has 1 fully saturated rings. The Labute approximate surface area is 175 Å². The number of benzene rings is 2. The molecule has 0 bridgehead atoms. The fourth-order valence-corrected chi connectivity index (χ4v) is 4.63. The number of hydrogen-bond acceptors (Lipinski definition) is 6. The average Bonchev–Trinajstić information content (AvgIpc) is 3.17. The number of carbonyl (C=O) groups excluding carboxylic acids is 1. The molecule has 1 aliphatic heterocycles. The molecule has 3 aromatic rings. The van der Waals surface area contributed by atoms with E-state index in [1.165, 1.54) is 10.3 Å². The first-order valence-electron chi connectivity index (χ1n) is 9.89. The molecule has 29 heavy (non-hydrogen) atoms. The predicted molar refractivity (Wildman–Crippen MR) is 118 cm³/mol. The van der Waals surface area contributed by atoms with Crippen LogP contribution in [-0.4, -0.2) is 62.2 Å². The van der Waals surface area contributed by atoms with Crippen molar-refractivity contribution >= 4 is 32.6 Å². The zero-order valence-electron chi connectivity index (χ0n) is 16.9. The molecule has 1 N–H and O–H groups in total. The van der Waals surface area contributed by atoms with Crippen molar-refractivity contribution in [3.63, 3.8) is 0 Å². The third-order valence-electron chi connectivity index (χ3n) is 5.22. The number of amides is 1. The Balaban J connectivity index is 1.25. The number of anilines is 1. The lowest BCUT2D eigenvalue weighted by molar-refractivity contribution is 0.0947. The van der Waals surface area contributed by atoms with E-state index in [0.29, 0.717) is 17.9 Å². The lowest BCUT2D eigenvalue weighted by atomic mass is 10.2. The van der Waals surface area contributed by atoms with Crippen LogP contribution in [0.1, 0.15) is 15.9 Å². The maximum atomic E-state index is 12.3. The number of hydrogen-bond donors (Lipinski definition) is 1. The number of carbonyl (C=O) groups is 1. The third kappa shape index (κ3) is 4.68. The molecule has 1 saturated heterocycles. The number of aromatic nitrogens is 1. The first-order valence-corrected chi connectivity index (χ1v) is 10.7. The highest BCUT2D eigenvalue weighted by Gasteiger charge is 2.20. The van der Waals surface area contributed by atoms with Gasteiger partial charge in [0.15, 0.2) is 5.13 Å². The van der Waals surface area contributed by atoms with Crippen LogP contribution in [0.2, 0.25) is 0 Å². The molecular weight excluding hydrogens is 384 g/mol. The van der Waals surface area contributed by atoms with Gasteiger partial charge in [0.25, 0.3) is 5.91 Å². The van der Waals surface area contributed by atoms with E-state index >= 15 is 0 Å². The second-order valence-corrected chi connectivity index (χ2v) is 8.29. The van der Waals surface area contributed by atoms with Gasteiger partial charge in [0.05, 0.1) is 17.3 Å². The average molecular weight is 411 g/mol. The summed E-state index contributed by atoms with van der Waals surface area (Å²) in [6.45, 7) is 7.48. The van der Waals surface area contributed by atoms with Crippen molar-refractivity contribution < 1.29 is 9.53 Å². The van der Waals surface area contributed by atoms with Gasteiger partial charge in [0, 0.05) is 44.8 Å². The van der Waals surface area contributed by atoms with E-state index in [1.807, 2.05) is 12.1 Å². The molecule has 0 saturated carbocycles. The van der Waals surface area contributed by atoms with Gasteiger partial charge in [-0.1, -0.05) is 23.5 Å². The Bertz CT molecular complexity index is 995. The normalized spacial score (nSPS) is 14.9. The number of thiazole rings is 1. The summed E-state index contributed by atoms with van der Waals surface area (Å²) in [7, 11) is 1.60. The van der Waals surface area contributed by atoms with Gasteiger partial charge in [-0.2, -0.15) is 0 Å². The topological polar surface area (TPSA) is 57.7 Å². The maximum Gasteiger partial charge on any atom is 0.251 e. The summed E-state index contributed by atoms with van der Waals surface area (Å²) >= 11 is 1.77. The molecule has 1 amide bonds. The zero-order chi connectivity index (χ0) is 20.2. The van der Waals surface area contributed by atoms with Gasteiger partial charge in [-0.25, -0.2) is 4.98 Å². The monoisotopic (exact) mass is 410 g/mol. The first kappa shape index (κ1) is 19.7. The highest BCUT2D eigenvalue weighted by Crippen LogP contribution is 2.30. The minimum atomic E-state index is -0.0627. The van der Waals surface area contributed by atoms with Crippen LogP contribution in [0.25, 0.3) is 10.2 Å². The summed E-state index contributed by atoms with van der Waals surface area (Å²) < 4.78 is 6.43. The van der Waals surface area contributed by atoms with Gasteiger partial charge in [-0.15, -0.1) is 0 Å². The van der Waals surface area contributed by atoms with Crippen molar-refractivity contribution in [1.29, 1.82) is 0 Å². The molecule has 0 atom stereocenters. The molecule has 1 aromatic heterocycles. The summed E-state index contributed by atoms with van der Waals surface area (Å²) in [5, 5.41) is 4.11. The summed E-state index contributed by atoms with van der Waals surface area (Å²) in [6, 6.07) is 13.6. The van der Waals surface area contributed by atoms with Gasteiger partial charge in [-0.05, 0) is 42.8 Å². The summed E-state index contributed by atoms with van der Waals surface area (Å²) in [5.41, 5.74) is 2.98. The van der Waals surface area contributed by atoms with Crippen LogP contribution in [0, 0.1) is 6.92 Å². The van der Waals surface area contributed by atoms with Crippen LogP contribution in [0.5, 0.6) is 5.75 Å². The molecule has 2 aromatic carbocycles. The first-order chi connectivity index (χ1) is 14.1. The number of aryl methyl sites for hydroxylation is 1. The van der Waals surface area contributed by atoms with Gasteiger partial charge >= 0.3 is 0 Å². The Hall–Kier alpha value is -2.64. The lowest BCUT2D eigenvalue weighted by Crippen LogP contribution is -2.48. The molecule has 6 nitrogen and oxygen atoms in total. The van der Waals surface area contributed by atoms with Crippen LogP contribution in [-0.2, 0) is 0 Å². The Morgan fingerprint density at radius 2 is 2.00 bits per heavy atom. The number of nitrogens with zero attached hydrogens (tertiary/aromatic N) is 3. The smallest absolute Gasteiger partial charge is 0.251 e. The third-order valence-corrected chi connectivity index (χ3v) is 6.30. The van der Waals surface area contributed by atoms with Crippen molar-refractivity contribution in [3.8, 4) is 5.75 Å². The van der Waals surface area contributed by atoms with Gasteiger partial charge in [-0.3, -0.25) is 9.69 Å². The molecule has 1 aliphatic rings. The predicted octanol–water partition coefficient (Wildman–Crippen LogP) is 3.17. The Morgan fingerprint density at radius 1 is 1.17 bits per heavy atom. The quantitative estimate of drug-likeness (QED) is 0.677. The van der Waals surface area contributed by atoms with Crippen LogP contribution in [0.15, 0.2) is 42.5 Å². The molecule has 0 unspecified atom stereocenters. The van der Waals surface area contributed by atoms with E-state index in [2.05, 4.69) is 40.2 Å². The molecule has 4 rings (SSSR count). The second-order valence-electron chi connectivity index (χ2n) is 7.28. The van der Waals surface area contributed by atoms with Crippen LogP contribution in [0.3, 0.4) is 0 Å². The van der Waals surface area contributed by atoms with Gasteiger partial charge in [0.1, 0.15) is 5.75 Å². The highest BCUT2D eigenvalue weighted by molar-refractivity contribution is 7.22. The number of piperazine rings is 1. The highest BCUT2D eigenvalue weighted by atomic mass is 32.1. The van der Waals surface area contributed by atoms with Crippen molar-refractivity contribution in [1.82, 2.24) is 15.2 Å². The van der Waals surface area contributed by atoms with E-state index in [0.717, 1.165) is 43.4 Å². The largest absolute Gasteiger partial charge is 0.497 e. The Kier molecular flexibility index (Phi) is 5.97. The van der Waals surface area contributed by atoms with E-state index in [9.17, 15) is 4.79 Å². The van der Waals surface area contributed by atoms with Gasteiger partial charge in [0.2, 0.25) is 0 Å². The fourth-order valence-electron chi connectivity index (χ4n) is 3.51. The van der Waals surface area contributed by atoms with Crippen LogP contribution in [0.4, 0.5) is 5.13 Å². The van der Waals surface area contributed by atoms with Crippen molar-refractivity contribution in [3.05, 3.63) is 53.6 Å².